The van der Waals surface area contributed by atoms with Gasteiger partial charge in [-0.25, -0.2) is 0 Å². The monoisotopic (exact) mass is 451 g/mol. The van der Waals surface area contributed by atoms with Gasteiger partial charge in [0.1, 0.15) is 0 Å². The summed E-state index contributed by atoms with van der Waals surface area (Å²) in [5, 5.41) is 0. The molecule has 1 heteroatoms. The number of rotatable bonds is 6. The van der Waals surface area contributed by atoms with Crippen LogP contribution in [0.5, 0.6) is 0 Å². The van der Waals surface area contributed by atoms with Crippen LogP contribution in [0, 0.1) is 41.5 Å². The third-order valence-corrected chi connectivity index (χ3v) is 11.8. The van der Waals surface area contributed by atoms with Crippen molar-refractivity contribution in [3.05, 3.63) is 105 Å². The Balaban J connectivity index is 2.12. The molecule has 0 nitrogen and oxygen atoms in total. The second-order valence-electron chi connectivity index (χ2n) is 9.42. The first-order valence-electron chi connectivity index (χ1n) is 11.5. The van der Waals surface area contributed by atoms with Gasteiger partial charge in [0.05, 0.1) is 0 Å². The third-order valence-electron chi connectivity index (χ3n) is 6.81. The number of benzene rings is 3. The molecule has 165 valence electrons. The molecule has 3 unspecified atom stereocenters. The molecule has 0 aliphatic rings. The average Bonchev–Trinajstić information content (AvgIpc) is 2.67. The summed E-state index contributed by atoms with van der Waals surface area (Å²) in [6.45, 7) is 21.0. The van der Waals surface area contributed by atoms with Gasteiger partial charge in [0.15, 0.2) is 0 Å². The van der Waals surface area contributed by atoms with Gasteiger partial charge in [-0.15, -0.1) is 0 Å². The molecule has 0 N–H and O–H groups in total. The molecule has 0 amide bonds. The Morgan fingerprint density at radius 1 is 0.452 bits per heavy atom. The first-order valence-corrected chi connectivity index (χ1v) is 13.7. The van der Waals surface area contributed by atoms with Crippen LogP contribution in [-0.4, -0.2) is 0 Å². The van der Waals surface area contributed by atoms with E-state index in [2.05, 4.69) is 117 Å². The fourth-order valence-electron chi connectivity index (χ4n) is 5.20. The van der Waals surface area contributed by atoms with Crippen molar-refractivity contribution in [3.63, 3.8) is 0 Å². The zero-order valence-electron chi connectivity index (χ0n) is 20.8. The van der Waals surface area contributed by atoms with Gasteiger partial charge in [-0.1, -0.05) is 0 Å². The summed E-state index contributed by atoms with van der Waals surface area (Å²) < 4.78 is 1.77. The first-order chi connectivity index (χ1) is 14.6. The molecular weight excluding hydrogens is 412 g/mol. The second-order valence-corrected chi connectivity index (χ2v) is 14.0. The van der Waals surface area contributed by atoms with Crippen LogP contribution in [0.4, 0.5) is 0 Å². The Morgan fingerprint density at radius 2 is 0.710 bits per heavy atom. The van der Waals surface area contributed by atoms with Gasteiger partial charge in [0.25, 0.3) is 0 Å². The summed E-state index contributed by atoms with van der Waals surface area (Å²) in [7, 11) is 0. The zero-order chi connectivity index (χ0) is 22.9. The van der Waals surface area contributed by atoms with Crippen molar-refractivity contribution in [2.75, 3.05) is 0 Å². The van der Waals surface area contributed by atoms with Crippen molar-refractivity contribution < 1.29 is 14.1 Å². The Bertz CT molecular complexity index is 925. The van der Waals surface area contributed by atoms with E-state index >= 15 is 0 Å². The van der Waals surface area contributed by atoms with Crippen LogP contribution in [0.1, 0.15) is 85.2 Å². The quantitative estimate of drug-likeness (QED) is 0.351. The van der Waals surface area contributed by atoms with Crippen molar-refractivity contribution in [1.29, 1.82) is 0 Å². The van der Waals surface area contributed by atoms with Crippen molar-refractivity contribution in [2.45, 2.75) is 76.7 Å². The van der Waals surface area contributed by atoms with Crippen molar-refractivity contribution >= 4 is 0 Å². The fourth-order valence-corrected chi connectivity index (χ4v) is 10.7. The molecule has 0 radical (unpaired) electrons. The molecule has 0 aromatic heterocycles. The van der Waals surface area contributed by atoms with E-state index in [1.165, 1.54) is 33.4 Å². The molecule has 3 aromatic carbocycles. The molecule has 0 aliphatic heterocycles. The SMILES string of the molecule is Cc1ccc([CH](C)[Cr]([CH](C)c2ccc(C)cc2C)[CH](C)c2ccc(C)cc2C)c(C)c1. The van der Waals surface area contributed by atoms with Gasteiger partial charge < -0.3 is 0 Å². The average molecular weight is 452 g/mol. The molecule has 3 atom stereocenters. The zero-order valence-corrected chi connectivity index (χ0v) is 22.1. The van der Waals surface area contributed by atoms with Crippen LogP contribution in [0.15, 0.2) is 54.6 Å². The van der Waals surface area contributed by atoms with Crippen molar-refractivity contribution in [2.24, 2.45) is 0 Å². The molecule has 0 saturated heterocycles. The van der Waals surface area contributed by atoms with Crippen LogP contribution in [0.25, 0.3) is 0 Å². The molecule has 0 bridgehead atoms. The van der Waals surface area contributed by atoms with Gasteiger partial charge in [0, 0.05) is 0 Å². The molecule has 0 saturated carbocycles. The van der Waals surface area contributed by atoms with Gasteiger partial charge >= 0.3 is 195 Å². The summed E-state index contributed by atoms with van der Waals surface area (Å²) in [4.78, 5) is 0. The van der Waals surface area contributed by atoms with E-state index in [1.54, 1.807) is 16.7 Å². The molecule has 0 aliphatic carbocycles. The van der Waals surface area contributed by atoms with Crippen LogP contribution >= 0.6 is 0 Å². The van der Waals surface area contributed by atoms with E-state index in [4.69, 9.17) is 0 Å². The van der Waals surface area contributed by atoms with E-state index in [-0.39, 0.29) is 0 Å². The molecule has 31 heavy (non-hydrogen) atoms. The number of hydrogen-bond acceptors (Lipinski definition) is 0. The predicted molar refractivity (Wildman–Crippen MR) is 133 cm³/mol. The third kappa shape index (κ3) is 5.17. The molecular formula is C30H39Cr. The maximum atomic E-state index is 2.50. The summed E-state index contributed by atoms with van der Waals surface area (Å²) >= 11 is -1.14. The Kier molecular flexibility index (Phi) is 7.52. The predicted octanol–water partition coefficient (Wildman–Crippen LogP) is 8.74. The standard InChI is InChI=1S/3C10H13.Cr/c3*1-4-10-6-5-8(2)7-9(10)3;/h3*4-7H,1-3H3;. The van der Waals surface area contributed by atoms with E-state index in [0.717, 1.165) is 0 Å². The molecule has 0 fully saturated rings. The van der Waals surface area contributed by atoms with Crippen molar-refractivity contribution in [3.8, 4) is 0 Å². The molecule has 3 rings (SSSR count). The van der Waals surface area contributed by atoms with E-state index in [1.807, 2.05) is 0 Å². The van der Waals surface area contributed by atoms with E-state index < -0.39 is 14.1 Å². The molecule has 0 heterocycles. The Hall–Kier alpha value is -1.81. The minimum atomic E-state index is -1.14. The maximum absolute atomic E-state index is 2.50. The topological polar surface area (TPSA) is 0 Å². The van der Waals surface area contributed by atoms with Gasteiger partial charge in [-0.05, 0) is 0 Å². The normalized spacial score (nSPS) is 14.5. The number of hydrogen-bond donors (Lipinski definition) is 0. The summed E-state index contributed by atoms with van der Waals surface area (Å²) in [5.41, 5.74) is 13.0. The fraction of sp³-hybridized carbons (Fsp3) is 0.400. The first kappa shape index (κ1) is 23.8. The van der Waals surface area contributed by atoms with E-state index in [9.17, 15) is 0 Å². The van der Waals surface area contributed by atoms with Crippen LogP contribution in [0.2, 0.25) is 0 Å². The molecule has 0 spiro atoms. The van der Waals surface area contributed by atoms with Crippen molar-refractivity contribution in [1.82, 2.24) is 0 Å². The Labute approximate surface area is 195 Å². The second kappa shape index (κ2) is 9.77. The van der Waals surface area contributed by atoms with Crippen LogP contribution in [-0.2, 0) is 14.1 Å². The minimum absolute atomic E-state index is 0.590. The number of aryl methyl sites for hydroxylation is 6. The summed E-state index contributed by atoms with van der Waals surface area (Å²) in [5.74, 6) is 0. The molecule has 3 aromatic rings. The van der Waals surface area contributed by atoms with Gasteiger partial charge in [-0.2, -0.15) is 0 Å². The summed E-state index contributed by atoms with van der Waals surface area (Å²) in [6, 6.07) is 21.2. The van der Waals surface area contributed by atoms with Crippen LogP contribution in [0.3, 0.4) is 0 Å². The summed E-state index contributed by atoms with van der Waals surface area (Å²) in [6.07, 6.45) is 0. The van der Waals surface area contributed by atoms with Crippen LogP contribution < -0.4 is 0 Å². The Morgan fingerprint density at radius 3 is 0.935 bits per heavy atom. The van der Waals surface area contributed by atoms with E-state index in [0.29, 0.717) is 14.3 Å². The van der Waals surface area contributed by atoms with Gasteiger partial charge in [0.2, 0.25) is 0 Å². The van der Waals surface area contributed by atoms with Gasteiger partial charge in [-0.3, -0.25) is 0 Å².